The van der Waals surface area contributed by atoms with Gasteiger partial charge in [0.25, 0.3) is 0 Å². The number of thioether (sulfide) groups is 11. The maximum atomic E-state index is 12.0. The summed E-state index contributed by atoms with van der Waals surface area (Å²) in [4.78, 5) is 22.0. The standard InChI is InChI=1S/C19H38O5S12/c1-2-25-7-8-36(22)18-34-16-32-14-31-15-33-17-35-19(21)9-28-12-30-13-29-11-27-6-4-23-24-10-26-5-3-20/h20H,2-18H2,1H3. The molecule has 0 radical (unpaired) electrons. The zero-order valence-electron chi connectivity index (χ0n) is 20.5. The van der Waals surface area contributed by atoms with Crippen LogP contribution in [0.3, 0.4) is 0 Å². The highest BCUT2D eigenvalue weighted by Gasteiger charge is 2.04. The molecular weight excluding hydrogens is 693 g/mol. The lowest BCUT2D eigenvalue weighted by molar-refractivity contribution is -0.274. The van der Waals surface area contributed by atoms with Gasteiger partial charge in [-0.2, -0.15) is 11.8 Å². The summed E-state index contributed by atoms with van der Waals surface area (Å²) in [6.45, 7) is 2.87. The first kappa shape index (κ1) is 39.5. The molecule has 0 amide bonds. The molecule has 0 saturated heterocycles. The van der Waals surface area contributed by atoms with Gasteiger partial charge in [-0.1, -0.05) is 18.7 Å². The van der Waals surface area contributed by atoms with Gasteiger partial charge >= 0.3 is 0 Å². The number of rotatable bonds is 30. The number of hydrogen-bond acceptors (Lipinski definition) is 16. The van der Waals surface area contributed by atoms with E-state index >= 15 is 0 Å². The van der Waals surface area contributed by atoms with Gasteiger partial charge in [-0.25, -0.2) is 9.78 Å². The van der Waals surface area contributed by atoms with Crippen molar-refractivity contribution in [2.24, 2.45) is 0 Å². The van der Waals surface area contributed by atoms with Gasteiger partial charge in [0.05, 0.1) is 24.1 Å². The fourth-order valence-electron chi connectivity index (χ4n) is 1.68. The first-order chi connectivity index (χ1) is 17.7. The average Bonchev–Trinajstić information content (AvgIpc) is 2.87. The van der Waals surface area contributed by atoms with Gasteiger partial charge in [0.15, 0.2) is 5.12 Å². The van der Waals surface area contributed by atoms with Crippen molar-refractivity contribution in [3.05, 3.63) is 0 Å². The lowest BCUT2D eigenvalue weighted by Gasteiger charge is -2.04. The molecule has 0 aliphatic heterocycles. The maximum Gasteiger partial charge on any atom is 0.199 e. The Labute approximate surface area is 267 Å². The van der Waals surface area contributed by atoms with Crippen molar-refractivity contribution in [2.75, 3.05) is 94.3 Å². The SMILES string of the molecule is CCSCCS(=O)CSCSCSCSCSC(=O)CSCSCSCSCCOOCSCCO. The normalized spacial score (nSPS) is 12.3. The van der Waals surface area contributed by atoms with E-state index in [-0.39, 0.29) is 11.7 Å². The molecule has 0 aromatic carbocycles. The lowest BCUT2D eigenvalue weighted by Crippen LogP contribution is -2.02. The molecule has 216 valence electrons. The minimum absolute atomic E-state index is 0.164. The van der Waals surface area contributed by atoms with Crippen LogP contribution in [0.1, 0.15) is 6.92 Å². The molecule has 0 aliphatic carbocycles. The van der Waals surface area contributed by atoms with E-state index in [0.717, 1.165) is 63.7 Å². The molecule has 0 aliphatic rings. The molecule has 1 atom stereocenters. The summed E-state index contributed by atoms with van der Waals surface area (Å²) in [6, 6.07) is 0. The van der Waals surface area contributed by atoms with E-state index in [1.807, 2.05) is 82.3 Å². The van der Waals surface area contributed by atoms with Crippen molar-refractivity contribution in [2.45, 2.75) is 6.92 Å². The van der Waals surface area contributed by atoms with Gasteiger partial charge in [-0.15, -0.1) is 106 Å². The molecule has 0 saturated carbocycles. The molecule has 0 heterocycles. The average molecular weight is 731 g/mol. The highest BCUT2D eigenvalue weighted by molar-refractivity contribution is 8.31. The Morgan fingerprint density at radius 3 is 2.06 bits per heavy atom. The van der Waals surface area contributed by atoms with Gasteiger partial charge in [0.1, 0.15) is 5.94 Å². The van der Waals surface area contributed by atoms with Gasteiger partial charge in [0.2, 0.25) is 0 Å². The maximum absolute atomic E-state index is 12.0. The van der Waals surface area contributed by atoms with E-state index in [9.17, 15) is 9.00 Å². The van der Waals surface area contributed by atoms with Crippen molar-refractivity contribution < 1.29 is 23.9 Å². The van der Waals surface area contributed by atoms with Gasteiger partial charge in [-0.05, 0) is 5.75 Å². The second kappa shape index (κ2) is 34.7. The summed E-state index contributed by atoms with van der Waals surface area (Å²) in [7, 11) is -0.681. The van der Waals surface area contributed by atoms with E-state index < -0.39 is 10.8 Å². The van der Waals surface area contributed by atoms with E-state index in [1.54, 1.807) is 23.5 Å². The first-order valence-corrected chi connectivity index (χ1v) is 24.9. The summed E-state index contributed by atoms with van der Waals surface area (Å²) in [6.07, 6.45) is 0. The van der Waals surface area contributed by atoms with E-state index in [4.69, 9.17) is 14.9 Å². The fraction of sp³-hybridized carbons (Fsp3) is 0.947. The van der Waals surface area contributed by atoms with Crippen molar-refractivity contribution in [3.8, 4) is 0 Å². The predicted octanol–water partition coefficient (Wildman–Crippen LogP) is 6.90. The molecule has 0 aromatic heterocycles. The Hall–Kier alpha value is 3.55. The van der Waals surface area contributed by atoms with Crippen LogP contribution in [0.2, 0.25) is 0 Å². The van der Waals surface area contributed by atoms with Gasteiger partial charge in [0, 0.05) is 69.4 Å². The van der Waals surface area contributed by atoms with E-state index in [1.165, 1.54) is 23.5 Å². The molecule has 1 N–H and O–H groups in total. The lowest BCUT2D eigenvalue weighted by atomic mass is 10.9. The molecule has 0 fully saturated rings. The number of aliphatic hydroxyl groups excluding tert-OH is 1. The smallest absolute Gasteiger partial charge is 0.199 e. The Morgan fingerprint density at radius 1 is 0.722 bits per heavy atom. The van der Waals surface area contributed by atoms with E-state index in [0.29, 0.717) is 24.1 Å². The van der Waals surface area contributed by atoms with Crippen LogP contribution in [0.15, 0.2) is 0 Å². The Kier molecular flexibility index (Phi) is 38.2. The molecular formula is C19H38O5S12. The van der Waals surface area contributed by atoms with Crippen molar-refractivity contribution >= 4 is 145 Å². The van der Waals surface area contributed by atoms with Crippen LogP contribution < -0.4 is 0 Å². The quantitative estimate of drug-likeness (QED) is 0.0360. The number of carbonyl (C=O) groups is 1. The second-order valence-corrected chi connectivity index (χ2v) is 22.0. The van der Waals surface area contributed by atoms with Crippen LogP contribution in [0, 0.1) is 0 Å². The zero-order valence-corrected chi connectivity index (χ0v) is 30.3. The fourth-order valence-corrected chi connectivity index (χ4v) is 15.5. The zero-order chi connectivity index (χ0) is 26.4. The Balaban J connectivity index is 3.20. The van der Waals surface area contributed by atoms with Crippen LogP contribution in [-0.2, 0) is 25.4 Å². The number of hydrogen-bond donors (Lipinski definition) is 1. The molecule has 5 nitrogen and oxygen atoms in total. The third-order valence-electron chi connectivity index (χ3n) is 3.16. The summed E-state index contributed by atoms with van der Waals surface area (Å²) in [5.74, 6) is 5.53. The second-order valence-electron chi connectivity index (χ2n) is 5.97. The third-order valence-corrected chi connectivity index (χ3v) is 18.1. The summed E-state index contributed by atoms with van der Waals surface area (Å²) in [5, 5.41) is 16.6. The Bertz CT molecular complexity index is 496. The minimum Gasteiger partial charge on any atom is -0.396 e. The van der Waals surface area contributed by atoms with Crippen molar-refractivity contribution in [1.29, 1.82) is 0 Å². The Morgan fingerprint density at radius 2 is 1.36 bits per heavy atom. The molecule has 17 heteroatoms. The van der Waals surface area contributed by atoms with Crippen LogP contribution in [0.5, 0.6) is 0 Å². The summed E-state index contributed by atoms with van der Waals surface area (Å²) in [5.41, 5.74) is 0. The number of aliphatic hydroxyl groups is 1. The monoisotopic (exact) mass is 730 g/mol. The van der Waals surface area contributed by atoms with Crippen molar-refractivity contribution in [3.63, 3.8) is 0 Å². The molecule has 0 bridgehead atoms. The van der Waals surface area contributed by atoms with Gasteiger partial charge < -0.3 is 5.11 Å². The highest BCUT2D eigenvalue weighted by Crippen LogP contribution is 2.25. The predicted molar refractivity (Wildman–Crippen MR) is 189 cm³/mol. The number of carbonyl (C=O) groups excluding carboxylic acids is 1. The summed E-state index contributed by atoms with van der Waals surface area (Å²) >= 11 is 19.5. The van der Waals surface area contributed by atoms with E-state index in [2.05, 4.69) is 6.92 Å². The molecule has 0 spiro atoms. The van der Waals surface area contributed by atoms with Crippen LogP contribution in [-0.4, -0.2) is 109 Å². The molecule has 36 heavy (non-hydrogen) atoms. The van der Waals surface area contributed by atoms with Gasteiger partial charge in [-0.3, -0.25) is 9.00 Å². The van der Waals surface area contributed by atoms with Crippen molar-refractivity contribution in [1.82, 2.24) is 0 Å². The highest BCUT2D eigenvalue weighted by atomic mass is 32.3. The molecule has 1 unspecified atom stereocenters. The molecule has 0 rings (SSSR count). The summed E-state index contributed by atoms with van der Waals surface area (Å²) < 4.78 is 11.8. The van der Waals surface area contributed by atoms with Crippen LogP contribution in [0.4, 0.5) is 0 Å². The third kappa shape index (κ3) is 33.8. The largest absolute Gasteiger partial charge is 0.396 e. The first-order valence-electron chi connectivity index (χ1n) is 10.8. The van der Waals surface area contributed by atoms with Crippen LogP contribution >= 0.6 is 129 Å². The topological polar surface area (TPSA) is 72.8 Å². The minimum atomic E-state index is -0.681. The van der Waals surface area contributed by atoms with Crippen LogP contribution in [0.25, 0.3) is 0 Å². The molecule has 0 aromatic rings.